The Labute approximate surface area is 132 Å². The molecular formula is C18H24N2O2. The molecule has 0 unspecified atom stereocenters. The summed E-state index contributed by atoms with van der Waals surface area (Å²) in [5.74, 6) is 1.96. The van der Waals surface area contributed by atoms with Gasteiger partial charge in [-0.3, -0.25) is 0 Å². The van der Waals surface area contributed by atoms with Crippen LogP contribution >= 0.6 is 0 Å². The van der Waals surface area contributed by atoms with Crippen LogP contribution in [0.3, 0.4) is 0 Å². The summed E-state index contributed by atoms with van der Waals surface area (Å²) in [6, 6.07) is 9.37. The first-order valence-electron chi connectivity index (χ1n) is 7.99. The molecule has 1 aromatic carbocycles. The lowest BCUT2D eigenvalue weighted by atomic mass is 10.1. The second-order valence-corrected chi connectivity index (χ2v) is 5.57. The van der Waals surface area contributed by atoms with Gasteiger partial charge in [0, 0.05) is 13.5 Å². The molecule has 0 aromatic heterocycles. The SMILES string of the molecule is CN1CC=C(CCCCCCCOc2ccc(C#N)cc2)O1. The third kappa shape index (κ3) is 5.79. The molecule has 0 bridgehead atoms. The van der Waals surface area contributed by atoms with Crippen molar-refractivity contribution in [3.8, 4) is 11.8 Å². The third-order valence-electron chi connectivity index (χ3n) is 3.67. The number of ether oxygens (including phenoxy) is 1. The van der Waals surface area contributed by atoms with Gasteiger partial charge in [0.2, 0.25) is 0 Å². The number of nitrogens with zero attached hydrogens (tertiary/aromatic N) is 2. The molecule has 118 valence electrons. The van der Waals surface area contributed by atoms with E-state index in [0.29, 0.717) is 5.56 Å². The molecular weight excluding hydrogens is 276 g/mol. The fourth-order valence-corrected chi connectivity index (χ4v) is 2.40. The Hall–Kier alpha value is -1.99. The van der Waals surface area contributed by atoms with Crippen molar-refractivity contribution in [2.45, 2.75) is 38.5 Å². The molecule has 0 fully saturated rings. The van der Waals surface area contributed by atoms with Crippen molar-refractivity contribution in [1.82, 2.24) is 5.06 Å². The lowest BCUT2D eigenvalue weighted by molar-refractivity contribution is -0.0699. The number of likely N-dealkylation sites (N-methyl/N-ethyl adjacent to an activating group) is 1. The molecule has 0 N–H and O–H groups in total. The van der Waals surface area contributed by atoms with Crippen molar-refractivity contribution in [2.75, 3.05) is 20.2 Å². The minimum Gasteiger partial charge on any atom is -0.494 e. The molecule has 0 saturated carbocycles. The predicted molar refractivity (Wildman–Crippen MR) is 86.2 cm³/mol. The van der Waals surface area contributed by atoms with Crippen molar-refractivity contribution in [1.29, 1.82) is 5.26 Å². The molecule has 1 aromatic rings. The first kappa shape index (κ1) is 16.4. The maximum absolute atomic E-state index is 8.72. The smallest absolute Gasteiger partial charge is 0.122 e. The molecule has 0 spiro atoms. The minimum absolute atomic E-state index is 0.667. The van der Waals surface area contributed by atoms with Crippen molar-refractivity contribution in [3.63, 3.8) is 0 Å². The van der Waals surface area contributed by atoms with Crippen LogP contribution in [0.25, 0.3) is 0 Å². The second kappa shape index (κ2) is 9.11. The number of unbranched alkanes of at least 4 members (excludes halogenated alkanes) is 4. The Morgan fingerprint density at radius 1 is 1.14 bits per heavy atom. The lowest BCUT2D eigenvalue weighted by Gasteiger charge is -2.09. The van der Waals surface area contributed by atoms with Gasteiger partial charge in [-0.1, -0.05) is 19.3 Å². The summed E-state index contributed by atoms with van der Waals surface area (Å²) in [7, 11) is 1.96. The van der Waals surface area contributed by atoms with Crippen LogP contribution in [0.5, 0.6) is 5.75 Å². The summed E-state index contributed by atoms with van der Waals surface area (Å²) in [5.41, 5.74) is 0.667. The first-order valence-corrected chi connectivity index (χ1v) is 7.99. The van der Waals surface area contributed by atoms with Gasteiger partial charge in [-0.25, -0.2) is 0 Å². The fraction of sp³-hybridized carbons (Fsp3) is 0.500. The topological polar surface area (TPSA) is 45.5 Å². The second-order valence-electron chi connectivity index (χ2n) is 5.57. The largest absolute Gasteiger partial charge is 0.494 e. The summed E-state index contributed by atoms with van der Waals surface area (Å²) >= 11 is 0. The molecule has 1 heterocycles. The van der Waals surface area contributed by atoms with Crippen LogP contribution in [0.4, 0.5) is 0 Å². The van der Waals surface area contributed by atoms with E-state index in [1.54, 1.807) is 12.1 Å². The monoisotopic (exact) mass is 300 g/mol. The summed E-state index contributed by atoms with van der Waals surface area (Å²) in [6.45, 7) is 1.65. The molecule has 0 aliphatic carbocycles. The number of nitriles is 1. The summed E-state index contributed by atoms with van der Waals surface area (Å²) in [6.07, 6.45) is 9.13. The average Bonchev–Trinajstić information content (AvgIpc) is 2.96. The molecule has 22 heavy (non-hydrogen) atoms. The quantitative estimate of drug-likeness (QED) is 0.646. The first-order chi connectivity index (χ1) is 10.8. The zero-order chi connectivity index (χ0) is 15.6. The number of benzene rings is 1. The van der Waals surface area contributed by atoms with Crippen LogP contribution in [-0.4, -0.2) is 25.3 Å². The van der Waals surface area contributed by atoms with E-state index >= 15 is 0 Å². The highest BCUT2D eigenvalue weighted by Gasteiger charge is 2.10. The number of allylic oxidation sites excluding steroid dienone is 1. The summed E-state index contributed by atoms with van der Waals surface area (Å²) in [5, 5.41) is 10.6. The van der Waals surface area contributed by atoms with E-state index in [9.17, 15) is 0 Å². The van der Waals surface area contributed by atoms with Crippen molar-refractivity contribution in [2.24, 2.45) is 0 Å². The van der Waals surface area contributed by atoms with Gasteiger partial charge in [-0.2, -0.15) is 5.26 Å². The number of hydrogen-bond donors (Lipinski definition) is 0. The molecule has 0 atom stereocenters. The number of hydroxylamine groups is 2. The number of rotatable bonds is 9. The van der Waals surface area contributed by atoms with E-state index in [1.165, 1.54) is 25.7 Å². The van der Waals surface area contributed by atoms with Crippen LogP contribution in [0, 0.1) is 11.3 Å². The lowest BCUT2D eigenvalue weighted by Crippen LogP contribution is -2.11. The Kier molecular flexibility index (Phi) is 6.79. The van der Waals surface area contributed by atoms with Crippen molar-refractivity contribution in [3.05, 3.63) is 41.7 Å². The highest BCUT2D eigenvalue weighted by Crippen LogP contribution is 2.17. The average molecular weight is 300 g/mol. The van der Waals surface area contributed by atoms with E-state index in [0.717, 1.165) is 37.5 Å². The molecule has 0 saturated heterocycles. The zero-order valence-electron chi connectivity index (χ0n) is 13.3. The van der Waals surface area contributed by atoms with Gasteiger partial charge < -0.3 is 9.57 Å². The molecule has 1 aliphatic rings. The van der Waals surface area contributed by atoms with E-state index in [1.807, 2.05) is 24.2 Å². The van der Waals surface area contributed by atoms with Gasteiger partial charge in [0.15, 0.2) is 0 Å². The van der Waals surface area contributed by atoms with Gasteiger partial charge in [0.25, 0.3) is 0 Å². The predicted octanol–water partition coefficient (Wildman–Crippen LogP) is 4.04. The van der Waals surface area contributed by atoms with E-state index in [2.05, 4.69) is 12.1 Å². The van der Waals surface area contributed by atoms with E-state index in [-0.39, 0.29) is 0 Å². The number of hydrogen-bond acceptors (Lipinski definition) is 4. The highest BCUT2D eigenvalue weighted by atomic mass is 16.7. The van der Waals surface area contributed by atoms with Crippen LogP contribution in [0.2, 0.25) is 0 Å². The molecule has 0 amide bonds. The van der Waals surface area contributed by atoms with Crippen molar-refractivity contribution >= 4 is 0 Å². The van der Waals surface area contributed by atoms with E-state index < -0.39 is 0 Å². The van der Waals surface area contributed by atoms with Crippen LogP contribution in [0.1, 0.15) is 44.1 Å². The molecule has 4 heteroatoms. The van der Waals surface area contributed by atoms with Gasteiger partial charge in [0.05, 0.1) is 24.8 Å². The minimum atomic E-state index is 0.667. The van der Waals surface area contributed by atoms with E-state index in [4.69, 9.17) is 14.8 Å². The third-order valence-corrected chi connectivity index (χ3v) is 3.67. The molecule has 4 nitrogen and oxygen atoms in total. The van der Waals surface area contributed by atoms with Gasteiger partial charge in [-0.05, 0) is 43.2 Å². The Bertz CT molecular complexity index is 517. The molecule has 2 rings (SSSR count). The van der Waals surface area contributed by atoms with Crippen LogP contribution in [-0.2, 0) is 4.84 Å². The molecule has 1 aliphatic heterocycles. The Morgan fingerprint density at radius 2 is 1.86 bits per heavy atom. The van der Waals surface area contributed by atoms with Crippen LogP contribution in [0.15, 0.2) is 36.1 Å². The van der Waals surface area contributed by atoms with Gasteiger partial charge in [0.1, 0.15) is 11.5 Å². The molecule has 0 radical (unpaired) electrons. The van der Waals surface area contributed by atoms with Crippen molar-refractivity contribution < 1.29 is 9.57 Å². The van der Waals surface area contributed by atoms with Gasteiger partial charge >= 0.3 is 0 Å². The van der Waals surface area contributed by atoms with Crippen LogP contribution < -0.4 is 4.74 Å². The Morgan fingerprint density at radius 3 is 2.55 bits per heavy atom. The summed E-state index contributed by atoms with van der Waals surface area (Å²) < 4.78 is 5.66. The maximum atomic E-state index is 8.72. The summed E-state index contributed by atoms with van der Waals surface area (Å²) in [4.78, 5) is 5.53. The zero-order valence-corrected chi connectivity index (χ0v) is 13.3. The van der Waals surface area contributed by atoms with Gasteiger partial charge in [-0.15, -0.1) is 5.06 Å². The highest BCUT2D eigenvalue weighted by molar-refractivity contribution is 5.34. The standard InChI is InChI=1S/C18H24N2O2/c1-20-13-12-18(22-20)7-5-3-2-4-6-14-21-17-10-8-16(15-19)9-11-17/h8-12H,2-7,13-14H2,1H3. The fourth-order valence-electron chi connectivity index (χ4n) is 2.40. The maximum Gasteiger partial charge on any atom is 0.122 e. The Balaban J connectivity index is 1.45. The normalized spacial score (nSPS) is 14.3.